The van der Waals surface area contributed by atoms with Gasteiger partial charge >= 0.3 is 0 Å². The Labute approximate surface area is 133 Å². The van der Waals surface area contributed by atoms with Crippen LogP contribution in [0.2, 0.25) is 0 Å². The van der Waals surface area contributed by atoms with Gasteiger partial charge in [0.15, 0.2) is 0 Å². The Hall–Kier alpha value is -2.83. The number of fused-ring (bicyclic) bond motifs is 1. The van der Waals surface area contributed by atoms with Crippen molar-refractivity contribution < 1.29 is 9.90 Å². The number of amides is 1. The first-order valence-electron chi connectivity index (χ1n) is 7.44. The molecule has 0 fully saturated rings. The lowest BCUT2D eigenvalue weighted by Gasteiger charge is -2.08. The van der Waals surface area contributed by atoms with Gasteiger partial charge in [-0.2, -0.15) is 10.2 Å². The van der Waals surface area contributed by atoms with Gasteiger partial charge in [-0.3, -0.25) is 14.6 Å². The molecule has 1 aromatic carbocycles. The van der Waals surface area contributed by atoms with Gasteiger partial charge in [0.05, 0.1) is 23.3 Å². The Morgan fingerprint density at radius 1 is 1.39 bits per heavy atom. The molecule has 0 saturated heterocycles. The van der Waals surface area contributed by atoms with Gasteiger partial charge in [-0.05, 0) is 24.5 Å². The average Bonchev–Trinajstić information content (AvgIpc) is 3.06. The van der Waals surface area contributed by atoms with Crippen LogP contribution in [0.25, 0.3) is 10.9 Å². The standard InChI is InChI=1S/C16H19N5O2/c1-9(2)4-11-7-17-20-15(11)19-16(23)10-5-13-12(14(22)6-10)8-18-21(13)3/h5-9,22H,4H2,1-3H3,(H2,17,19,20,23). The summed E-state index contributed by atoms with van der Waals surface area (Å²) in [6.07, 6.45) is 4.11. The van der Waals surface area contributed by atoms with Gasteiger partial charge in [-0.15, -0.1) is 0 Å². The van der Waals surface area contributed by atoms with E-state index in [1.807, 2.05) is 0 Å². The smallest absolute Gasteiger partial charge is 0.257 e. The highest BCUT2D eigenvalue weighted by Crippen LogP contribution is 2.26. The monoisotopic (exact) mass is 313 g/mol. The molecule has 7 heteroatoms. The molecule has 7 nitrogen and oxygen atoms in total. The van der Waals surface area contributed by atoms with Crippen LogP contribution in [0.3, 0.4) is 0 Å². The number of aromatic amines is 1. The van der Waals surface area contributed by atoms with Crippen LogP contribution in [0, 0.1) is 5.92 Å². The van der Waals surface area contributed by atoms with E-state index in [2.05, 4.69) is 34.5 Å². The van der Waals surface area contributed by atoms with E-state index >= 15 is 0 Å². The minimum absolute atomic E-state index is 0.0350. The van der Waals surface area contributed by atoms with Crippen molar-refractivity contribution in [2.24, 2.45) is 13.0 Å². The largest absolute Gasteiger partial charge is 0.507 e. The molecular formula is C16H19N5O2. The molecule has 1 amide bonds. The minimum atomic E-state index is -0.308. The van der Waals surface area contributed by atoms with Crippen molar-refractivity contribution in [3.63, 3.8) is 0 Å². The molecular weight excluding hydrogens is 294 g/mol. The van der Waals surface area contributed by atoms with Crippen molar-refractivity contribution in [2.75, 3.05) is 5.32 Å². The van der Waals surface area contributed by atoms with E-state index in [0.29, 0.717) is 28.2 Å². The van der Waals surface area contributed by atoms with Crippen LogP contribution in [0.5, 0.6) is 5.75 Å². The summed E-state index contributed by atoms with van der Waals surface area (Å²) in [5.74, 6) is 0.775. The first-order valence-corrected chi connectivity index (χ1v) is 7.44. The Balaban J connectivity index is 1.89. The zero-order valence-electron chi connectivity index (χ0n) is 13.3. The second-order valence-corrected chi connectivity index (χ2v) is 6.02. The number of nitrogens with one attached hydrogen (secondary N) is 2. The van der Waals surface area contributed by atoms with Crippen molar-refractivity contribution in [1.29, 1.82) is 0 Å². The van der Waals surface area contributed by atoms with Crippen molar-refractivity contribution in [3.8, 4) is 5.75 Å². The quantitative estimate of drug-likeness (QED) is 0.689. The number of hydrogen-bond acceptors (Lipinski definition) is 4. The molecule has 0 atom stereocenters. The van der Waals surface area contributed by atoms with E-state index in [1.165, 1.54) is 6.07 Å². The molecule has 3 aromatic rings. The fraction of sp³-hybridized carbons (Fsp3) is 0.312. The number of carbonyl (C=O) groups is 1. The molecule has 2 aromatic heterocycles. The SMILES string of the molecule is CC(C)Cc1cn[nH]c1NC(=O)c1cc(O)c2cnn(C)c2c1. The number of anilines is 1. The summed E-state index contributed by atoms with van der Waals surface area (Å²) in [6, 6.07) is 3.15. The fourth-order valence-electron chi connectivity index (χ4n) is 2.56. The number of aromatic nitrogens is 4. The third kappa shape index (κ3) is 2.90. The Morgan fingerprint density at radius 3 is 2.91 bits per heavy atom. The second kappa shape index (κ2) is 5.75. The van der Waals surface area contributed by atoms with Gasteiger partial charge in [0.2, 0.25) is 0 Å². The first-order chi connectivity index (χ1) is 11.0. The normalized spacial score (nSPS) is 11.3. The lowest BCUT2D eigenvalue weighted by molar-refractivity contribution is 0.102. The van der Waals surface area contributed by atoms with Crippen LogP contribution in [0.4, 0.5) is 5.82 Å². The zero-order chi connectivity index (χ0) is 16.6. The number of benzene rings is 1. The lowest BCUT2D eigenvalue weighted by Crippen LogP contribution is -2.14. The van der Waals surface area contributed by atoms with Crippen LogP contribution in [-0.2, 0) is 13.5 Å². The highest BCUT2D eigenvalue weighted by molar-refractivity contribution is 6.07. The number of phenolic OH excluding ortho intramolecular Hbond substituents is 1. The van der Waals surface area contributed by atoms with E-state index in [-0.39, 0.29) is 11.7 Å². The number of aryl methyl sites for hydroxylation is 1. The summed E-state index contributed by atoms with van der Waals surface area (Å²) in [7, 11) is 1.76. The molecule has 0 aliphatic carbocycles. The fourth-order valence-corrected chi connectivity index (χ4v) is 2.56. The zero-order valence-corrected chi connectivity index (χ0v) is 13.3. The molecule has 0 bridgehead atoms. The van der Waals surface area contributed by atoms with E-state index in [4.69, 9.17) is 0 Å². The number of aromatic hydroxyl groups is 1. The van der Waals surface area contributed by atoms with Gasteiger partial charge in [0.25, 0.3) is 5.91 Å². The van der Waals surface area contributed by atoms with Gasteiger partial charge in [0.1, 0.15) is 11.6 Å². The Morgan fingerprint density at radius 2 is 2.17 bits per heavy atom. The molecule has 120 valence electrons. The van der Waals surface area contributed by atoms with Gasteiger partial charge in [-0.25, -0.2) is 0 Å². The molecule has 2 heterocycles. The summed E-state index contributed by atoms with van der Waals surface area (Å²) < 4.78 is 1.62. The molecule has 23 heavy (non-hydrogen) atoms. The number of phenols is 1. The van der Waals surface area contributed by atoms with Crippen molar-refractivity contribution >= 4 is 22.6 Å². The summed E-state index contributed by atoms with van der Waals surface area (Å²) in [5.41, 5.74) is 2.02. The molecule has 0 aliphatic heterocycles. The van der Waals surface area contributed by atoms with Crippen LogP contribution in [-0.4, -0.2) is 31.0 Å². The van der Waals surface area contributed by atoms with Crippen molar-refractivity contribution in [2.45, 2.75) is 20.3 Å². The molecule has 3 N–H and O–H groups in total. The van der Waals surface area contributed by atoms with E-state index < -0.39 is 0 Å². The minimum Gasteiger partial charge on any atom is -0.507 e. The number of H-pyrrole nitrogens is 1. The molecule has 0 saturated carbocycles. The summed E-state index contributed by atoms with van der Waals surface area (Å²) >= 11 is 0. The van der Waals surface area contributed by atoms with Crippen molar-refractivity contribution in [1.82, 2.24) is 20.0 Å². The third-order valence-corrected chi connectivity index (χ3v) is 3.69. The Bertz CT molecular complexity index is 863. The summed E-state index contributed by atoms with van der Waals surface area (Å²) in [4.78, 5) is 12.5. The predicted octanol–water partition coefficient (Wildman–Crippen LogP) is 2.45. The number of rotatable bonds is 4. The lowest BCUT2D eigenvalue weighted by atomic mass is 10.1. The van der Waals surface area contributed by atoms with Crippen molar-refractivity contribution in [3.05, 3.63) is 35.7 Å². The molecule has 3 rings (SSSR count). The topological polar surface area (TPSA) is 95.8 Å². The van der Waals surface area contributed by atoms with Crippen LogP contribution < -0.4 is 5.32 Å². The third-order valence-electron chi connectivity index (χ3n) is 3.69. The van der Waals surface area contributed by atoms with Gasteiger partial charge in [0, 0.05) is 18.2 Å². The number of carbonyl (C=O) groups excluding carboxylic acids is 1. The summed E-state index contributed by atoms with van der Waals surface area (Å²) in [5, 5.41) is 24.4. The van der Waals surface area contributed by atoms with Crippen LogP contribution in [0.1, 0.15) is 29.8 Å². The predicted molar refractivity (Wildman–Crippen MR) is 87.5 cm³/mol. The second-order valence-electron chi connectivity index (χ2n) is 6.02. The molecule has 0 spiro atoms. The maximum absolute atomic E-state index is 12.5. The maximum atomic E-state index is 12.5. The van der Waals surface area contributed by atoms with E-state index in [0.717, 1.165) is 12.0 Å². The number of hydrogen-bond donors (Lipinski definition) is 3. The van der Waals surface area contributed by atoms with E-state index in [1.54, 1.807) is 30.2 Å². The van der Waals surface area contributed by atoms with Crippen LogP contribution >= 0.6 is 0 Å². The average molecular weight is 313 g/mol. The Kier molecular flexibility index (Phi) is 3.77. The maximum Gasteiger partial charge on any atom is 0.257 e. The van der Waals surface area contributed by atoms with E-state index in [9.17, 15) is 9.90 Å². The molecule has 0 unspecified atom stereocenters. The molecule has 0 radical (unpaired) electrons. The highest BCUT2D eigenvalue weighted by atomic mass is 16.3. The number of nitrogens with zero attached hydrogens (tertiary/aromatic N) is 3. The molecule has 0 aliphatic rings. The van der Waals surface area contributed by atoms with Gasteiger partial charge in [-0.1, -0.05) is 13.8 Å². The highest BCUT2D eigenvalue weighted by Gasteiger charge is 2.15. The van der Waals surface area contributed by atoms with Gasteiger partial charge < -0.3 is 10.4 Å². The summed E-state index contributed by atoms with van der Waals surface area (Å²) in [6.45, 7) is 4.21. The van der Waals surface area contributed by atoms with Crippen LogP contribution in [0.15, 0.2) is 24.5 Å². The first kappa shape index (κ1) is 15.1.